The first kappa shape index (κ1) is 12.0. The van der Waals surface area contributed by atoms with Crippen LogP contribution < -0.4 is 4.74 Å². The summed E-state index contributed by atoms with van der Waals surface area (Å²) in [6, 6.07) is 5.98. The fraction of sp³-hybridized carbons (Fsp3) is 0.500. The monoisotopic (exact) mass is 234 g/mol. The minimum atomic E-state index is -0.732. The molecule has 0 aromatic heterocycles. The van der Waals surface area contributed by atoms with E-state index < -0.39 is 5.97 Å². The third-order valence-corrected chi connectivity index (χ3v) is 3.54. The summed E-state index contributed by atoms with van der Waals surface area (Å²) in [5.74, 6) is -0.144. The van der Waals surface area contributed by atoms with Crippen molar-refractivity contribution in [3.63, 3.8) is 0 Å². The smallest absolute Gasteiger partial charge is 0.306 e. The van der Waals surface area contributed by atoms with Crippen molar-refractivity contribution in [2.45, 2.75) is 32.6 Å². The highest BCUT2D eigenvalue weighted by Gasteiger charge is 2.29. The van der Waals surface area contributed by atoms with Gasteiger partial charge in [-0.1, -0.05) is 25.1 Å². The van der Waals surface area contributed by atoms with Crippen molar-refractivity contribution in [3.8, 4) is 5.75 Å². The molecule has 0 saturated carbocycles. The summed E-state index contributed by atoms with van der Waals surface area (Å²) < 4.78 is 5.75. The lowest BCUT2D eigenvalue weighted by Crippen LogP contribution is -2.18. The van der Waals surface area contributed by atoms with E-state index in [9.17, 15) is 9.90 Å². The summed E-state index contributed by atoms with van der Waals surface area (Å²) in [5, 5.41) is 9.18. The zero-order chi connectivity index (χ0) is 12.4. The average Bonchev–Trinajstić information content (AvgIpc) is 2.51. The third kappa shape index (κ3) is 2.28. The van der Waals surface area contributed by atoms with Crippen LogP contribution in [-0.2, 0) is 4.79 Å². The van der Waals surface area contributed by atoms with Gasteiger partial charge in [-0.05, 0) is 30.9 Å². The number of ether oxygens (including phenoxy) is 1. The lowest BCUT2D eigenvalue weighted by Gasteiger charge is -2.21. The Morgan fingerprint density at radius 3 is 3.00 bits per heavy atom. The van der Waals surface area contributed by atoms with Crippen LogP contribution in [0.15, 0.2) is 18.2 Å². The number of aryl methyl sites for hydroxylation is 1. The molecule has 0 fully saturated rings. The van der Waals surface area contributed by atoms with E-state index in [0.717, 1.165) is 29.7 Å². The molecule has 1 heterocycles. The van der Waals surface area contributed by atoms with E-state index in [4.69, 9.17) is 4.74 Å². The first-order chi connectivity index (χ1) is 8.11. The molecule has 0 saturated heterocycles. The van der Waals surface area contributed by atoms with Gasteiger partial charge in [0.2, 0.25) is 0 Å². The van der Waals surface area contributed by atoms with Gasteiger partial charge in [0.05, 0.1) is 12.5 Å². The van der Waals surface area contributed by atoms with Gasteiger partial charge in [0.25, 0.3) is 0 Å². The topological polar surface area (TPSA) is 46.5 Å². The Balaban J connectivity index is 2.43. The summed E-state index contributed by atoms with van der Waals surface area (Å²) in [7, 11) is 0. The maximum Gasteiger partial charge on any atom is 0.306 e. The fourth-order valence-corrected chi connectivity index (χ4v) is 2.49. The summed E-state index contributed by atoms with van der Waals surface area (Å²) in [5.41, 5.74) is 2.14. The largest absolute Gasteiger partial charge is 0.493 e. The molecule has 2 atom stereocenters. The Kier molecular flexibility index (Phi) is 3.36. The van der Waals surface area contributed by atoms with Gasteiger partial charge in [-0.15, -0.1) is 0 Å². The van der Waals surface area contributed by atoms with Crippen molar-refractivity contribution in [3.05, 3.63) is 29.3 Å². The van der Waals surface area contributed by atoms with Crippen LogP contribution in [0.2, 0.25) is 0 Å². The van der Waals surface area contributed by atoms with E-state index in [2.05, 4.69) is 0 Å². The van der Waals surface area contributed by atoms with Crippen LogP contribution >= 0.6 is 0 Å². The van der Waals surface area contributed by atoms with E-state index in [1.165, 1.54) is 0 Å². The molecular weight excluding hydrogens is 216 g/mol. The molecule has 0 bridgehead atoms. The highest BCUT2D eigenvalue weighted by Crippen LogP contribution is 2.39. The maximum absolute atomic E-state index is 11.2. The number of benzene rings is 1. The molecule has 3 heteroatoms. The third-order valence-electron chi connectivity index (χ3n) is 3.54. The lowest BCUT2D eigenvalue weighted by molar-refractivity contribution is -0.141. The van der Waals surface area contributed by atoms with Crippen LogP contribution in [0.1, 0.15) is 36.8 Å². The van der Waals surface area contributed by atoms with E-state index in [0.29, 0.717) is 6.61 Å². The summed E-state index contributed by atoms with van der Waals surface area (Å²) in [6.45, 7) is 4.47. The number of hydrogen-bond donors (Lipinski definition) is 1. The van der Waals surface area contributed by atoms with Crippen molar-refractivity contribution in [1.29, 1.82) is 0 Å². The van der Waals surface area contributed by atoms with E-state index in [-0.39, 0.29) is 11.8 Å². The average molecular weight is 234 g/mol. The quantitative estimate of drug-likeness (QED) is 0.855. The molecule has 0 aliphatic carbocycles. The first-order valence-electron chi connectivity index (χ1n) is 6.06. The van der Waals surface area contributed by atoms with Crippen molar-refractivity contribution in [1.82, 2.24) is 0 Å². The zero-order valence-electron chi connectivity index (χ0n) is 10.3. The van der Waals surface area contributed by atoms with Gasteiger partial charge < -0.3 is 9.84 Å². The summed E-state index contributed by atoms with van der Waals surface area (Å²) in [6.07, 6.45) is 1.79. The molecule has 3 nitrogen and oxygen atoms in total. The summed E-state index contributed by atoms with van der Waals surface area (Å²) >= 11 is 0. The maximum atomic E-state index is 11.2. The number of hydrogen-bond acceptors (Lipinski definition) is 2. The standard InChI is InChI=1S/C14H18O3/c1-9-5-3-6-12-11(10(2)14(15)16)7-4-8-17-13(9)12/h3,5-6,10-11H,4,7-8H2,1-2H3,(H,15,16). The molecule has 1 aromatic carbocycles. The molecule has 17 heavy (non-hydrogen) atoms. The predicted molar refractivity (Wildman–Crippen MR) is 65.4 cm³/mol. The molecule has 0 radical (unpaired) electrons. The fourth-order valence-electron chi connectivity index (χ4n) is 2.49. The number of rotatable bonds is 2. The molecule has 1 N–H and O–H groups in total. The van der Waals surface area contributed by atoms with Crippen molar-refractivity contribution >= 4 is 5.97 Å². The Bertz CT molecular complexity index is 425. The zero-order valence-corrected chi connectivity index (χ0v) is 10.3. The molecule has 1 aliphatic rings. The van der Waals surface area contributed by atoms with Crippen LogP contribution in [-0.4, -0.2) is 17.7 Å². The number of fused-ring (bicyclic) bond motifs is 1. The van der Waals surface area contributed by atoms with Crippen molar-refractivity contribution in [2.24, 2.45) is 5.92 Å². The number of carboxylic acid groups (broad SMARTS) is 1. The highest BCUT2D eigenvalue weighted by molar-refractivity contribution is 5.71. The molecule has 0 spiro atoms. The molecule has 1 aromatic rings. The van der Waals surface area contributed by atoms with Gasteiger partial charge >= 0.3 is 5.97 Å². The second-order valence-corrected chi connectivity index (χ2v) is 4.72. The minimum absolute atomic E-state index is 0.0601. The van der Waals surface area contributed by atoms with Gasteiger partial charge in [0.1, 0.15) is 5.75 Å². The number of aliphatic carboxylic acids is 1. The van der Waals surface area contributed by atoms with Gasteiger partial charge in [-0.3, -0.25) is 4.79 Å². The Morgan fingerprint density at radius 2 is 2.29 bits per heavy atom. The molecule has 2 rings (SSSR count). The van der Waals surface area contributed by atoms with E-state index in [1.807, 2.05) is 25.1 Å². The number of para-hydroxylation sites is 1. The van der Waals surface area contributed by atoms with Crippen LogP contribution in [0.3, 0.4) is 0 Å². The molecule has 92 valence electrons. The molecule has 1 aliphatic heterocycles. The second kappa shape index (κ2) is 4.78. The van der Waals surface area contributed by atoms with Crippen molar-refractivity contribution in [2.75, 3.05) is 6.61 Å². The lowest BCUT2D eigenvalue weighted by atomic mass is 9.83. The van der Waals surface area contributed by atoms with Gasteiger partial charge in [0.15, 0.2) is 0 Å². The SMILES string of the molecule is Cc1cccc2c1OCCCC2C(C)C(=O)O. The normalized spacial score (nSPS) is 20.9. The van der Waals surface area contributed by atoms with Crippen LogP contribution in [0.25, 0.3) is 0 Å². The van der Waals surface area contributed by atoms with E-state index >= 15 is 0 Å². The molecule has 0 amide bonds. The van der Waals surface area contributed by atoms with Gasteiger partial charge in [0, 0.05) is 5.92 Å². The van der Waals surface area contributed by atoms with Crippen LogP contribution in [0.4, 0.5) is 0 Å². The first-order valence-corrected chi connectivity index (χ1v) is 6.06. The Morgan fingerprint density at radius 1 is 1.53 bits per heavy atom. The van der Waals surface area contributed by atoms with E-state index in [1.54, 1.807) is 6.92 Å². The van der Waals surface area contributed by atoms with Gasteiger partial charge in [-0.2, -0.15) is 0 Å². The predicted octanol–water partition coefficient (Wildman–Crippen LogP) is 2.97. The Labute approximate surface area is 101 Å². The minimum Gasteiger partial charge on any atom is -0.493 e. The molecular formula is C14H18O3. The number of carboxylic acids is 1. The molecule has 2 unspecified atom stereocenters. The second-order valence-electron chi connectivity index (χ2n) is 4.72. The van der Waals surface area contributed by atoms with Crippen LogP contribution in [0.5, 0.6) is 5.75 Å². The van der Waals surface area contributed by atoms with Gasteiger partial charge in [-0.25, -0.2) is 0 Å². The highest BCUT2D eigenvalue weighted by atomic mass is 16.5. The number of carbonyl (C=O) groups is 1. The Hall–Kier alpha value is -1.51. The summed E-state index contributed by atoms with van der Waals surface area (Å²) in [4.78, 5) is 11.2. The van der Waals surface area contributed by atoms with Crippen molar-refractivity contribution < 1.29 is 14.6 Å². The van der Waals surface area contributed by atoms with Crippen LogP contribution in [0, 0.1) is 12.8 Å².